The number of rotatable bonds is 4. The van der Waals surface area contributed by atoms with Crippen LogP contribution in [0.15, 0.2) is 30.3 Å². The van der Waals surface area contributed by atoms with Gasteiger partial charge in [-0.05, 0) is 17.7 Å². The maximum Gasteiger partial charge on any atom is 0.233 e. The second-order valence-corrected chi connectivity index (χ2v) is 5.14. The molecule has 1 amide bonds. The molecule has 0 fully saturated rings. The second-order valence-electron chi connectivity index (χ2n) is 5.14. The van der Waals surface area contributed by atoms with Crippen LogP contribution in [0.25, 0.3) is 11.3 Å². The molecule has 1 unspecified atom stereocenters. The summed E-state index contributed by atoms with van der Waals surface area (Å²) in [6, 6.07) is 9.58. The lowest BCUT2D eigenvalue weighted by atomic mass is 10.0. The summed E-state index contributed by atoms with van der Waals surface area (Å²) in [5.74, 6) is 1.24. The van der Waals surface area contributed by atoms with Crippen molar-refractivity contribution < 1.29 is 14.3 Å². The van der Waals surface area contributed by atoms with Crippen molar-refractivity contribution in [2.24, 2.45) is 0 Å². The number of nitrogens with zero attached hydrogens (tertiary/aromatic N) is 2. The first-order valence-corrected chi connectivity index (χ1v) is 7.08. The molecule has 1 aromatic heterocycles. The van der Waals surface area contributed by atoms with Crippen LogP contribution in [-0.4, -0.2) is 35.9 Å². The Morgan fingerprint density at radius 2 is 2.23 bits per heavy atom. The molecule has 3 rings (SSSR count). The molecule has 2 aromatic rings. The van der Waals surface area contributed by atoms with Gasteiger partial charge in [0.1, 0.15) is 11.9 Å². The lowest BCUT2D eigenvalue weighted by Crippen LogP contribution is -2.32. The summed E-state index contributed by atoms with van der Waals surface area (Å²) in [6.45, 7) is 2.00. The Morgan fingerprint density at radius 3 is 2.91 bits per heavy atom. The summed E-state index contributed by atoms with van der Waals surface area (Å²) in [5, 5.41) is 11.0. The van der Waals surface area contributed by atoms with Crippen molar-refractivity contribution in [3.05, 3.63) is 35.9 Å². The van der Waals surface area contributed by atoms with E-state index in [2.05, 4.69) is 15.5 Å². The van der Waals surface area contributed by atoms with Crippen LogP contribution >= 0.6 is 0 Å². The molecular formula is C16H17N3O3. The number of hydrogen-bond donors (Lipinski definition) is 1. The molecule has 6 nitrogen and oxygen atoms in total. The zero-order chi connectivity index (χ0) is 15.5. The zero-order valence-electron chi connectivity index (χ0n) is 12.5. The van der Waals surface area contributed by atoms with E-state index < -0.39 is 0 Å². The molecule has 2 heterocycles. The average molecular weight is 299 g/mol. The van der Waals surface area contributed by atoms with E-state index in [1.165, 1.54) is 6.92 Å². The molecule has 1 aliphatic rings. The molecule has 1 aromatic carbocycles. The highest BCUT2D eigenvalue weighted by Crippen LogP contribution is 2.37. The monoisotopic (exact) mass is 299 g/mol. The van der Waals surface area contributed by atoms with Gasteiger partial charge in [0.15, 0.2) is 0 Å². The van der Waals surface area contributed by atoms with Crippen molar-refractivity contribution in [3.63, 3.8) is 0 Å². The second kappa shape index (κ2) is 6.01. The van der Waals surface area contributed by atoms with Crippen molar-refractivity contribution in [1.29, 1.82) is 0 Å². The number of methoxy groups -OCH3 is 1. The Labute approximate surface area is 128 Å². The summed E-state index contributed by atoms with van der Waals surface area (Å²) in [7, 11) is 1.56. The summed E-state index contributed by atoms with van der Waals surface area (Å²) >= 11 is 0. The SMILES string of the molecule is COc1ccc(-c2cccc3c2OC(CNC(C)=O)C3)nn1. The van der Waals surface area contributed by atoms with E-state index in [0.29, 0.717) is 12.4 Å². The number of carbonyl (C=O) groups is 1. The molecule has 0 radical (unpaired) electrons. The smallest absolute Gasteiger partial charge is 0.233 e. The average Bonchev–Trinajstić information content (AvgIpc) is 2.96. The maximum atomic E-state index is 11.0. The molecule has 0 saturated heterocycles. The summed E-state index contributed by atoms with van der Waals surface area (Å²) in [6.07, 6.45) is 0.721. The van der Waals surface area contributed by atoms with Gasteiger partial charge in [-0.1, -0.05) is 12.1 Å². The number of aromatic nitrogens is 2. The van der Waals surface area contributed by atoms with Crippen LogP contribution < -0.4 is 14.8 Å². The summed E-state index contributed by atoms with van der Waals surface area (Å²) in [5.41, 5.74) is 2.75. The van der Waals surface area contributed by atoms with E-state index in [1.54, 1.807) is 13.2 Å². The van der Waals surface area contributed by atoms with Gasteiger partial charge in [-0.2, -0.15) is 0 Å². The Morgan fingerprint density at radius 1 is 1.36 bits per heavy atom. The number of ether oxygens (including phenoxy) is 2. The highest BCUT2D eigenvalue weighted by molar-refractivity contribution is 5.73. The number of para-hydroxylation sites is 1. The molecule has 0 aliphatic carbocycles. The van der Waals surface area contributed by atoms with E-state index in [1.807, 2.05) is 24.3 Å². The highest BCUT2D eigenvalue weighted by atomic mass is 16.5. The van der Waals surface area contributed by atoms with E-state index in [-0.39, 0.29) is 12.0 Å². The summed E-state index contributed by atoms with van der Waals surface area (Å²) < 4.78 is 11.0. The minimum Gasteiger partial charge on any atom is -0.487 e. The fourth-order valence-corrected chi connectivity index (χ4v) is 2.48. The van der Waals surface area contributed by atoms with Crippen LogP contribution in [0.5, 0.6) is 11.6 Å². The topological polar surface area (TPSA) is 73.3 Å². The van der Waals surface area contributed by atoms with E-state index >= 15 is 0 Å². The van der Waals surface area contributed by atoms with E-state index in [9.17, 15) is 4.79 Å². The molecule has 22 heavy (non-hydrogen) atoms. The van der Waals surface area contributed by atoms with E-state index in [0.717, 1.165) is 29.0 Å². The Kier molecular flexibility index (Phi) is 3.91. The predicted octanol–water partition coefficient (Wildman–Crippen LogP) is 1.59. The fraction of sp³-hybridized carbons (Fsp3) is 0.312. The van der Waals surface area contributed by atoms with Crippen LogP contribution in [0.3, 0.4) is 0 Å². The Hall–Kier alpha value is -2.63. The number of nitrogens with one attached hydrogen (secondary N) is 1. The molecule has 0 spiro atoms. The highest BCUT2D eigenvalue weighted by Gasteiger charge is 2.26. The minimum atomic E-state index is -0.0548. The number of fused-ring (bicyclic) bond motifs is 1. The van der Waals surface area contributed by atoms with Crippen molar-refractivity contribution in [2.75, 3.05) is 13.7 Å². The quantitative estimate of drug-likeness (QED) is 0.928. The number of amides is 1. The number of hydrogen-bond acceptors (Lipinski definition) is 5. The van der Waals surface area contributed by atoms with Crippen molar-refractivity contribution in [2.45, 2.75) is 19.4 Å². The molecule has 1 N–H and O–H groups in total. The first kappa shape index (κ1) is 14.3. The zero-order valence-corrected chi connectivity index (χ0v) is 12.5. The van der Waals surface area contributed by atoms with Gasteiger partial charge < -0.3 is 14.8 Å². The van der Waals surface area contributed by atoms with Crippen molar-refractivity contribution in [1.82, 2.24) is 15.5 Å². The Balaban J connectivity index is 1.84. The lowest BCUT2D eigenvalue weighted by molar-refractivity contribution is -0.119. The third-order valence-electron chi connectivity index (χ3n) is 3.53. The normalized spacial score (nSPS) is 15.8. The molecule has 0 bridgehead atoms. The summed E-state index contributed by atoms with van der Waals surface area (Å²) in [4.78, 5) is 11.0. The minimum absolute atomic E-state index is 0.0498. The van der Waals surface area contributed by atoms with Gasteiger partial charge in [-0.25, -0.2) is 0 Å². The first-order valence-electron chi connectivity index (χ1n) is 7.08. The van der Waals surface area contributed by atoms with Crippen LogP contribution in [-0.2, 0) is 11.2 Å². The number of benzene rings is 1. The maximum absolute atomic E-state index is 11.0. The van der Waals surface area contributed by atoms with Gasteiger partial charge in [0, 0.05) is 25.0 Å². The van der Waals surface area contributed by atoms with E-state index in [4.69, 9.17) is 9.47 Å². The molecule has 1 atom stereocenters. The van der Waals surface area contributed by atoms with Gasteiger partial charge in [-0.3, -0.25) is 4.79 Å². The third kappa shape index (κ3) is 2.86. The van der Waals surface area contributed by atoms with Crippen molar-refractivity contribution in [3.8, 4) is 22.9 Å². The van der Waals surface area contributed by atoms with Gasteiger partial charge >= 0.3 is 0 Å². The molecular weight excluding hydrogens is 282 g/mol. The van der Waals surface area contributed by atoms with Gasteiger partial charge in [0.05, 0.1) is 19.3 Å². The predicted molar refractivity (Wildman–Crippen MR) is 80.8 cm³/mol. The Bertz CT molecular complexity index is 686. The first-order chi connectivity index (χ1) is 10.7. The molecule has 0 saturated carbocycles. The van der Waals surface area contributed by atoms with Crippen LogP contribution in [0.4, 0.5) is 0 Å². The van der Waals surface area contributed by atoms with Crippen molar-refractivity contribution >= 4 is 5.91 Å². The van der Waals surface area contributed by atoms with Crippen LogP contribution in [0.1, 0.15) is 12.5 Å². The van der Waals surface area contributed by atoms with Gasteiger partial charge in [-0.15, -0.1) is 10.2 Å². The van der Waals surface area contributed by atoms with Gasteiger partial charge in [0.2, 0.25) is 11.8 Å². The lowest BCUT2D eigenvalue weighted by Gasteiger charge is -2.12. The van der Waals surface area contributed by atoms with Crippen LogP contribution in [0.2, 0.25) is 0 Å². The van der Waals surface area contributed by atoms with Gasteiger partial charge in [0.25, 0.3) is 0 Å². The molecule has 6 heteroatoms. The third-order valence-corrected chi connectivity index (χ3v) is 3.53. The molecule has 1 aliphatic heterocycles. The van der Waals surface area contributed by atoms with Crippen LogP contribution in [0, 0.1) is 0 Å². The molecule has 114 valence electrons. The number of carbonyl (C=O) groups excluding carboxylic acids is 1. The fourth-order valence-electron chi connectivity index (χ4n) is 2.48. The standard InChI is InChI=1S/C16H17N3O3/c1-10(20)17-9-12-8-11-4-3-5-13(16(11)22-12)14-6-7-15(21-2)19-18-14/h3-7,12H,8-9H2,1-2H3,(H,17,20). The largest absolute Gasteiger partial charge is 0.487 e.